The van der Waals surface area contributed by atoms with Crippen molar-refractivity contribution in [2.24, 2.45) is 11.5 Å². The lowest BCUT2D eigenvalue weighted by Gasteiger charge is -2.16. The summed E-state index contributed by atoms with van der Waals surface area (Å²) in [5, 5.41) is 0. The van der Waals surface area contributed by atoms with Crippen LogP contribution in [0.2, 0.25) is 0 Å². The normalized spacial score (nSPS) is 12.1. The molecule has 100 valence electrons. The lowest BCUT2D eigenvalue weighted by atomic mass is 10.1. The third kappa shape index (κ3) is 5.97. The second-order valence-electron chi connectivity index (χ2n) is 2.93. The van der Waals surface area contributed by atoms with E-state index in [-0.39, 0.29) is 42.7 Å². The molecule has 1 atom stereocenters. The van der Waals surface area contributed by atoms with Crippen molar-refractivity contribution >= 4 is 24.8 Å². The van der Waals surface area contributed by atoms with E-state index in [2.05, 4.69) is 4.74 Å². The first-order chi connectivity index (χ1) is 6.94. The topological polar surface area (TPSA) is 61.3 Å². The summed E-state index contributed by atoms with van der Waals surface area (Å²) in [6.45, 7) is 0.0538. The molecule has 0 aromatic heterocycles. The molecular formula is C9H13Cl2F3N2O. The van der Waals surface area contributed by atoms with Crippen molar-refractivity contribution in [3.8, 4) is 5.75 Å². The maximum atomic E-state index is 12.0. The first kappa shape index (κ1) is 18.7. The summed E-state index contributed by atoms with van der Waals surface area (Å²) < 4.78 is 39.8. The van der Waals surface area contributed by atoms with Crippen molar-refractivity contribution < 1.29 is 17.9 Å². The van der Waals surface area contributed by atoms with Crippen LogP contribution >= 0.6 is 24.8 Å². The molecule has 0 aliphatic carbocycles. The fraction of sp³-hybridized carbons (Fsp3) is 0.333. The van der Waals surface area contributed by atoms with E-state index in [1.807, 2.05) is 0 Å². The first-order valence-electron chi connectivity index (χ1n) is 4.24. The van der Waals surface area contributed by atoms with Gasteiger partial charge in [-0.2, -0.15) is 0 Å². The number of ether oxygens (including phenoxy) is 1. The van der Waals surface area contributed by atoms with E-state index in [4.69, 9.17) is 11.5 Å². The number of benzene rings is 1. The molecule has 0 aliphatic rings. The molecular weight excluding hydrogens is 280 g/mol. The molecule has 4 N–H and O–H groups in total. The summed E-state index contributed by atoms with van der Waals surface area (Å²) in [7, 11) is 0. The highest BCUT2D eigenvalue weighted by molar-refractivity contribution is 5.85. The first-order valence-corrected chi connectivity index (χ1v) is 4.24. The van der Waals surface area contributed by atoms with E-state index in [0.29, 0.717) is 0 Å². The summed E-state index contributed by atoms with van der Waals surface area (Å²) in [5.74, 6) is -0.303. The second-order valence-corrected chi connectivity index (χ2v) is 2.93. The van der Waals surface area contributed by atoms with E-state index in [9.17, 15) is 13.2 Å². The number of para-hydroxylation sites is 1. The van der Waals surface area contributed by atoms with Gasteiger partial charge in [-0.3, -0.25) is 0 Å². The zero-order valence-electron chi connectivity index (χ0n) is 8.61. The quantitative estimate of drug-likeness (QED) is 0.899. The predicted octanol–water partition coefficient (Wildman–Crippen LogP) is 2.39. The molecule has 0 bridgehead atoms. The van der Waals surface area contributed by atoms with Crippen molar-refractivity contribution in [2.75, 3.05) is 6.54 Å². The van der Waals surface area contributed by atoms with Crippen LogP contribution in [0.25, 0.3) is 0 Å². The van der Waals surface area contributed by atoms with Gasteiger partial charge in [0.05, 0.1) is 0 Å². The van der Waals surface area contributed by atoms with Crippen LogP contribution in [0.1, 0.15) is 11.6 Å². The monoisotopic (exact) mass is 292 g/mol. The number of halogens is 5. The van der Waals surface area contributed by atoms with Gasteiger partial charge < -0.3 is 16.2 Å². The average Bonchev–Trinajstić information content (AvgIpc) is 2.15. The molecule has 17 heavy (non-hydrogen) atoms. The van der Waals surface area contributed by atoms with Gasteiger partial charge in [-0.05, 0) is 6.07 Å². The highest BCUT2D eigenvalue weighted by Gasteiger charge is 2.32. The molecule has 1 rings (SSSR count). The van der Waals surface area contributed by atoms with E-state index in [0.717, 1.165) is 0 Å². The molecule has 3 nitrogen and oxygen atoms in total. The van der Waals surface area contributed by atoms with Crippen LogP contribution in [0.4, 0.5) is 13.2 Å². The molecule has 1 aromatic rings. The van der Waals surface area contributed by atoms with Gasteiger partial charge >= 0.3 is 6.36 Å². The third-order valence-corrected chi connectivity index (χ3v) is 1.80. The Kier molecular flexibility index (Phi) is 8.35. The number of alkyl halides is 3. The Morgan fingerprint density at radius 3 is 2.18 bits per heavy atom. The second kappa shape index (κ2) is 7.60. The molecule has 0 radical (unpaired) electrons. The van der Waals surface area contributed by atoms with Crippen molar-refractivity contribution in [1.82, 2.24) is 0 Å². The molecule has 0 heterocycles. The molecule has 0 amide bonds. The molecule has 0 saturated carbocycles. The Morgan fingerprint density at radius 1 is 1.18 bits per heavy atom. The molecule has 8 heteroatoms. The fourth-order valence-corrected chi connectivity index (χ4v) is 1.13. The van der Waals surface area contributed by atoms with Crippen molar-refractivity contribution in [2.45, 2.75) is 12.4 Å². The largest absolute Gasteiger partial charge is 0.573 e. The van der Waals surface area contributed by atoms with Gasteiger partial charge in [-0.15, -0.1) is 38.0 Å². The summed E-state index contributed by atoms with van der Waals surface area (Å²) in [6, 6.07) is 5.02. The average molecular weight is 293 g/mol. The maximum absolute atomic E-state index is 12.0. The molecule has 0 saturated heterocycles. The lowest BCUT2D eigenvalue weighted by molar-refractivity contribution is -0.275. The zero-order chi connectivity index (χ0) is 11.5. The highest BCUT2D eigenvalue weighted by Crippen LogP contribution is 2.28. The van der Waals surface area contributed by atoms with E-state index >= 15 is 0 Å². The zero-order valence-corrected chi connectivity index (χ0v) is 10.2. The van der Waals surface area contributed by atoms with Crippen molar-refractivity contribution in [3.63, 3.8) is 0 Å². The Morgan fingerprint density at radius 2 is 1.71 bits per heavy atom. The van der Waals surface area contributed by atoms with Crippen molar-refractivity contribution in [1.29, 1.82) is 0 Å². The predicted molar refractivity (Wildman–Crippen MR) is 63.6 cm³/mol. The maximum Gasteiger partial charge on any atom is 0.573 e. The van der Waals surface area contributed by atoms with Gasteiger partial charge in [-0.25, -0.2) is 0 Å². The SMILES string of the molecule is Cl.Cl.NC[C@@H](N)c1ccccc1OC(F)(F)F. The van der Waals surface area contributed by atoms with E-state index in [1.54, 1.807) is 6.07 Å². The van der Waals surface area contributed by atoms with E-state index < -0.39 is 12.4 Å². The number of hydrogen-bond acceptors (Lipinski definition) is 3. The van der Waals surface area contributed by atoms with Crippen molar-refractivity contribution in [3.05, 3.63) is 29.8 Å². The van der Waals surface area contributed by atoms with Gasteiger partial charge in [0.25, 0.3) is 0 Å². The molecule has 0 unspecified atom stereocenters. The minimum Gasteiger partial charge on any atom is -0.405 e. The van der Waals surface area contributed by atoms with Crippen LogP contribution in [0, 0.1) is 0 Å². The minimum absolute atomic E-state index is 0. The summed E-state index contributed by atoms with van der Waals surface area (Å²) in [4.78, 5) is 0. The summed E-state index contributed by atoms with van der Waals surface area (Å²) >= 11 is 0. The number of hydrogen-bond donors (Lipinski definition) is 2. The minimum atomic E-state index is -4.72. The Labute approximate surface area is 109 Å². The molecule has 1 aromatic carbocycles. The smallest absolute Gasteiger partial charge is 0.405 e. The van der Waals surface area contributed by atoms with Crippen LogP contribution in [0.3, 0.4) is 0 Å². The fourth-order valence-electron chi connectivity index (χ4n) is 1.13. The summed E-state index contributed by atoms with van der Waals surface area (Å²) in [6.07, 6.45) is -4.72. The Bertz CT molecular complexity index is 336. The summed E-state index contributed by atoms with van der Waals surface area (Å²) in [5.41, 5.74) is 11.1. The third-order valence-electron chi connectivity index (χ3n) is 1.80. The molecule has 0 spiro atoms. The van der Waals surface area contributed by atoms with Gasteiger partial charge in [0.15, 0.2) is 0 Å². The van der Waals surface area contributed by atoms with Gasteiger partial charge in [-0.1, -0.05) is 18.2 Å². The Balaban J connectivity index is 0. The molecule has 0 fully saturated rings. The van der Waals surface area contributed by atoms with Gasteiger partial charge in [0.2, 0.25) is 0 Å². The lowest BCUT2D eigenvalue weighted by Crippen LogP contribution is -2.24. The van der Waals surface area contributed by atoms with Crippen LogP contribution in [0.5, 0.6) is 5.75 Å². The van der Waals surface area contributed by atoms with Crippen LogP contribution < -0.4 is 16.2 Å². The standard InChI is InChI=1S/C9H11F3N2O.2ClH/c10-9(11,12)15-8-4-2-1-3-6(8)7(14)5-13;;/h1-4,7H,5,13-14H2;2*1H/t7-;;/m1../s1. The Hall–Kier alpha value is -0.690. The van der Waals surface area contributed by atoms with Crippen LogP contribution in [-0.2, 0) is 0 Å². The van der Waals surface area contributed by atoms with Gasteiger partial charge in [0.1, 0.15) is 5.75 Å². The number of nitrogens with two attached hydrogens (primary N) is 2. The molecule has 0 aliphatic heterocycles. The van der Waals surface area contributed by atoms with Crippen LogP contribution in [-0.4, -0.2) is 12.9 Å². The number of rotatable bonds is 3. The van der Waals surface area contributed by atoms with Crippen LogP contribution in [0.15, 0.2) is 24.3 Å². The van der Waals surface area contributed by atoms with E-state index in [1.165, 1.54) is 18.2 Å². The van der Waals surface area contributed by atoms with Gasteiger partial charge in [0, 0.05) is 18.2 Å². The highest BCUT2D eigenvalue weighted by atomic mass is 35.5.